The molecule has 7 heteroatoms. The van der Waals surface area contributed by atoms with Crippen molar-refractivity contribution >= 4 is 23.0 Å². The number of nitrogens with zero attached hydrogens (tertiary/aromatic N) is 2. The Balaban J connectivity index is 1.60. The number of hydrogen-bond acceptors (Lipinski definition) is 3. The molecule has 0 radical (unpaired) electrons. The highest BCUT2D eigenvalue weighted by Crippen LogP contribution is 2.20. The van der Waals surface area contributed by atoms with Gasteiger partial charge in [-0.05, 0) is 38.8 Å². The van der Waals surface area contributed by atoms with Crippen LogP contribution in [0.4, 0.5) is 4.79 Å². The average Bonchev–Trinajstić information content (AvgIpc) is 3.29. The summed E-state index contributed by atoms with van der Waals surface area (Å²) in [6.45, 7) is 4.68. The highest BCUT2D eigenvalue weighted by atomic mass is 16.2. The van der Waals surface area contributed by atoms with E-state index in [9.17, 15) is 9.59 Å². The van der Waals surface area contributed by atoms with Gasteiger partial charge in [-0.15, -0.1) is 0 Å². The Morgan fingerprint density at radius 3 is 2.79 bits per heavy atom. The minimum atomic E-state index is -0.291. The van der Waals surface area contributed by atoms with Gasteiger partial charge in [-0.25, -0.2) is 9.78 Å². The lowest BCUT2D eigenvalue weighted by Crippen LogP contribution is -2.43. The summed E-state index contributed by atoms with van der Waals surface area (Å²) in [6, 6.07) is 7.66. The second-order valence-corrected chi connectivity index (χ2v) is 6.09. The molecule has 1 aromatic heterocycles. The van der Waals surface area contributed by atoms with Crippen molar-refractivity contribution in [2.75, 3.05) is 6.54 Å². The van der Waals surface area contributed by atoms with Crippen molar-refractivity contribution in [1.29, 1.82) is 0 Å². The van der Waals surface area contributed by atoms with Gasteiger partial charge >= 0.3 is 6.03 Å². The summed E-state index contributed by atoms with van der Waals surface area (Å²) >= 11 is 0. The summed E-state index contributed by atoms with van der Waals surface area (Å²) in [5.74, 6) is 0.581. The van der Waals surface area contributed by atoms with E-state index in [-0.39, 0.29) is 30.6 Å². The molecule has 2 aromatic rings. The van der Waals surface area contributed by atoms with E-state index < -0.39 is 0 Å². The van der Waals surface area contributed by atoms with E-state index >= 15 is 0 Å². The minimum absolute atomic E-state index is 0.0464. The quantitative estimate of drug-likeness (QED) is 0.753. The van der Waals surface area contributed by atoms with E-state index in [0.29, 0.717) is 0 Å². The maximum absolute atomic E-state index is 12.1. The molecule has 3 N–H and O–H groups in total. The van der Waals surface area contributed by atoms with Crippen LogP contribution in [0.25, 0.3) is 11.0 Å². The highest BCUT2D eigenvalue weighted by Gasteiger charge is 2.23. The Bertz CT molecular complexity index is 751. The van der Waals surface area contributed by atoms with Crippen molar-refractivity contribution in [3.05, 3.63) is 30.1 Å². The fraction of sp³-hybridized carbons (Fsp3) is 0.471. The van der Waals surface area contributed by atoms with E-state index in [2.05, 4.69) is 32.4 Å². The largest absolute Gasteiger partial charge is 0.345 e. The van der Waals surface area contributed by atoms with Crippen LogP contribution in [-0.2, 0) is 11.3 Å². The van der Waals surface area contributed by atoms with Crippen LogP contribution in [0.3, 0.4) is 0 Å². The van der Waals surface area contributed by atoms with E-state index in [1.165, 1.54) is 0 Å². The van der Waals surface area contributed by atoms with E-state index in [0.717, 1.165) is 36.2 Å². The van der Waals surface area contributed by atoms with Crippen LogP contribution < -0.4 is 16.0 Å². The second kappa shape index (κ2) is 6.90. The van der Waals surface area contributed by atoms with Gasteiger partial charge in [0.05, 0.1) is 23.6 Å². The maximum atomic E-state index is 12.1. The third-order valence-corrected chi connectivity index (χ3v) is 4.09. The molecule has 1 aliphatic carbocycles. The molecule has 24 heavy (non-hydrogen) atoms. The van der Waals surface area contributed by atoms with Crippen molar-refractivity contribution in [2.24, 2.45) is 0 Å². The topological polar surface area (TPSA) is 88.0 Å². The zero-order valence-electron chi connectivity index (χ0n) is 14.0. The number of fused-ring (bicyclic) bond motifs is 1. The first kappa shape index (κ1) is 16.3. The predicted octanol–water partition coefficient (Wildman–Crippen LogP) is 1.70. The van der Waals surface area contributed by atoms with Crippen LogP contribution in [0.15, 0.2) is 24.3 Å². The molecule has 7 nitrogen and oxygen atoms in total. The van der Waals surface area contributed by atoms with Gasteiger partial charge < -0.3 is 20.5 Å². The summed E-state index contributed by atoms with van der Waals surface area (Å²) in [5.41, 5.74) is 1.97. The fourth-order valence-corrected chi connectivity index (χ4v) is 2.74. The molecular formula is C17H23N5O2. The van der Waals surface area contributed by atoms with Gasteiger partial charge in [-0.3, -0.25) is 4.79 Å². The molecule has 0 saturated heterocycles. The zero-order chi connectivity index (χ0) is 17.1. The number of rotatable bonds is 6. The second-order valence-electron chi connectivity index (χ2n) is 6.09. The van der Waals surface area contributed by atoms with Crippen molar-refractivity contribution in [2.45, 2.75) is 45.3 Å². The first-order chi connectivity index (χ1) is 11.6. The third-order valence-electron chi connectivity index (χ3n) is 4.09. The molecule has 1 atom stereocenters. The summed E-state index contributed by atoms with van der Waals surface area (Å²) in [6.07, 6.45) is 2.04. The molecule has 1 aliphatic rings. The molecule has 0 aliphatic heterocycles. The molecule has 0 unspecified atom stereocenters. The molecular weight excluding hydrogens is 306 g/mol. The van der Waals surface area contributed by atoms with Gasteiger partial charge in [0, 0.05) is 12.6 Å². The standard InChI is InChI=1S/C17H23N5O2/c1-3-22-14-7-5-4-6-13(14)21-16(22)11(2)19-15(23)10-18-17(24)20-12-8-9-12/h4-7,11-12H,3,8-10H2,1-2H3,(H,19,23)(H2,18,20,24)/t11-/m1/s1. The Labute approximate surface area is 140 Å². The van der Waals surface area contributed by atoms with Crippen molar-refractivity contribution in [3.8, 4) is 0 Å². The summed E-state index contributed by atoms with van der Waals surface area (Å²) in [4.78, 5) is 28.2. The van der Waals surface area contributed by atoms with Crippen LogP contribution >= 0.6 is 0 Å². The number of para-hydroxylation sites is 2. The van der Waals surface area contributed by atoms with E-state index in [4.69, 9.17) is 0 Å². The molecule has 0 spiro atoms. The lowest BCUT2D eigenvalue weighted by molar-refractivity contribution is -0.120. The van der Waals surface area contributed by atoms with Gasteiger partial charge in [0.15, 0.2) is 0 Å². The monoisotopic (exact) mass is 329 g/mol. The number of hydrogen-bond donors (Lipinski definition) is 3. The third kappa shape index (κ3) is 3.67. The zero-order valence-corrected chi connectivity index (χ0v) is 14.0. The average molecular weight is 329 g/mol. The Hall–Kier alpha value is -2.57. The van der Waals surface area contributed by atoms with Crippen molar-refractivity contribution in [3.63, 3.8) is 0 Å². The Morgan fingerprint density at radius 2 is 2.08 bits per heavy atom. The maximum Gasteiger partial charge on any atom is 0.315 e. The molecule has 1 heterocycles. The highest BCUT2D eigenvalue weighted by molar-refractivity contribution is 5.84. The number of aryl methyl sites for hydroxylation is 1. The number of nitrogens with one attached hydrogen (secondary N) is 3. The Morgan fingerprint density at radius 1 is 1.33 bits per heavy atom. The lowest BCUT2D eigenvalue weighted by atomic mass is 10.3. The summed E-state index contributed by atoms with van der Waals surface area (Å²) < 4.78 is 2.09. The molecule has 1 saturated carbocycles. The molecule has 1 aromatic carbocycles. The van der Waals surface area contributed by atoms with Crippen LogP contribution in [-0.4, -0.2) is 34.1 Å². The van der Waals surface area contributed by atoms with Gasteiger partial charge in [-0.1, -0.05) is 12.1 Å². The number of carbonyl (C=O) groups excluding carboxylic acids is 2. The predicted molar refractivity (Wildman–Crippen MR) is 91.5 cm³/mol. The van der Waals surface area contributed by atoms with Crippen molar-refractivity contribution < 1.29 is 9.59 Å². The smallest absolute Gasteiger partial charge is 0.315 e. The first-order valence-electron chi connectivity index (χ1n) is 8.37. The van der Waals surface area contributed by atoms with Gasteiger partial charge in [-0.2, -0.15) is 0 Å². The first-order valence-corrected chi connectivity index (χ1v) is 8.37. The van der Waals surface area contributed by atoms with Gasteiger partial charge in [0.2, 0.25) is 5.91 Å². The number of aromatic nitrogens is 2. The SMILES string of the molecule is CCn1c([C@@H](C)NC(=O)CNC(=O)NC2CC2)nc2ccccc21. The lowest BCUT2D eigenvalue weighted by Gasteiger charge is -2.15. The summed E-state index contributed by atoms with van der Waals surface area (Å²) in [5, 5.41) is 8.25. The van der Waals surface area contributed by atoms with Crippen LogP contribution in [0, 0.1) is 0 Å². The molecule has 128 valence electrons. The number of urea groups is 1. The van der Waals surface area contributed by atoms with Gasteiger partial charge in [0.25, 0.3) is 0 Å². The van der Waals surface area contributed by atoms with Crippen molar-refractivity contribution in [1.82, 2.24) is 25.5 Å². The number of amides is 3. The Kier molecular flexibility index (Phi) is 4.69. The summed E-state index contributed by atoms with van der Waals surface area (Å²) in [7, 11) is 0. The number of imidazole rings is 1. The van der Waals surface area contributed by atoms with E-state index in [1.807, 2.05) is 31.2 Å². The number of benzene rings is 1. The minimum Gasteiger partial charge on any atom is -0.345 e. The van der Waals surface area contributed by atoms with Crippen LogP contribution in [0.2, 0.25) is 0 Å². The molecule has 0 bridgehead atoms. The van der Waals surface area contributed by atoms with Gasteiger partial charge in [0.1, 0.15) is 5.82 Å². The number of carbonyl (C=O) groups is 2. The van der Waals surface area contributed by atoms with E-state index in [1.54, 1.807) is 0 Å². The fourth-order valence-electron chi connectivity index (χ4n) is 2.74. The molecule has 3 rings (SSSR count). The molecule has 1 fully saturated rings. The van der Waals surface area contributed by atoms with Crippen LogP contribution in [0.5, 0.6) is 0 Å². The molecule has 3 amide bonds. The normalized spacial score (nSPS) is 15.1. The van der Waals surface area contributed by atoms with Crippen LogP contribution in [0.1, 0.15) is 38.6 Å².